The summed E-state index contributed by atoms with van der Waals surface area (Å²) in [4.78, 5) is 63.6. The normalized spacial score (nSPS) is 23.7. The van der Waals surface area contributed by atoms with Crippen molar-refractivity contribution in [1.82, 2.24) is 10.0 Å². The summed E-state index contributed by atoms with van der Waals surface area (Å²) in [5.74, 6) is -3.75. The van der Waals surface area contributed by atoms with Crippen LogP contribution in [-0.4, -0.2) is 54.6 Å². The van der Waals surface area contributed by atoms with Gasteiger partial charge in [-0.2, -0.15) is 5.01 Å². The molecule has 3 amide bonds. The number of alkyl halides is 2. The number of carbonyl (C=O) groups excluding carboxylic acids is 4. The molecular formula is C23H18Br2ClN3O6. The maximum atomic E-state index is 13.5. The first kappa shape index (κ1) is 25.5. The molecule has 1 aliphatic heterocycles. The van der Waals surface area contributed by atoms with E-state index in [-0.39, 0.29) is 31.5 Å². The van der Waals surface area contributed by atoms with Gasteiger partial charge < -0.3 is 0 Å². The Kier molecular flexibility index (Phi) is 7.39. The molecule has 4 rings (SSSR count). The van der Waals surface area contributed by atoms with Crippen molar-refractivity contribution >= 4 is 72.7 Å². The van der Waals surface area contributed by atoms with Gasteiger partial charge in [0.05, 0.1) is 27.3 Å². The minimum absolute atomic E-state index is 0.0258. The summed E-state index contributed by atoms with van der Waals surface area (Å²) in [6.45, 7) is -0.631. The highest BCUT2D eigenvalue weighted by Gasteiger charge is 2.54. The number of nitro groups is 1. The summed E-state index contributed by atoms with van der Waals surface area (Å²) in [6, 6.07) is 11.0. The lowest BCUT2D eigenvalue weighted by molar-refractivity contribution is -0.384. The summed E-state index contributed by atoms with van der Waals surface area (Å²) in [5.41, 5.74) is -0.0869. The third kappa shape index (κ3) is 4.89. The monoisotopic (exact) mass is 625 g/mol. The predicted molar refractivity (Wildman–Crippen MR) is 133 cm³/mol. The van der Waals surface area contributed by atoms with Gasteiger partial charge in [-0.1, -0.05) is 55.6 Å². The lowest BCUT2D eigenvalue weighted by Crippen LogP contribution is -2.52. The zero-order valence-electron chi connectivity index (χ0n) is 18.0. The van der Waals surface area contributed by atoms with Crippen LogP contribution in [-0.2, 0) is 9.59 Å². The molecule has 1 aliphatic carbocycles. The van der Waals surface area contributed by atoms with Crippen molar-refractivity contribution in [2.45, 2.75) is 22.5 Å². The number of hydrazine groups is 1. The van der Waals surface area contributed by atoms with Crippen molar-refractivity contribution in [3.63, 3.8) is 0 Å². The lowest BCUT2D eigenvalue weighted by atomic mass is 9.81. The molecule has 0 spiro atoms. The Bertz CT molecular complexity index is 1200. The molecule has 0 unspecified atom stereocenters. The topological polar surface area (TPSA) is 118 Å². The quantitative estimate of drug-likeness (QED) is 0.154. The Morgan fingerprint density at radius 1 is 1.00 bits per heavy atom. The Morgan fingerprint density at radius 3 is 2.06 bits per heavy atom. The van der Waals surface area contributed by atoms with Crippen LogP contribution in [0.2, 0.25) is 5.02 Å². The number of hydrogen-bond donors (Lipinski definition) is 0. The van der Waals surface area contributed by atoms with Crippen LogP contribution in [0.5, 0.6) is 0 Å². The number of non-ortho nitro benzene ring substituents is 1. The van der Waals surface area contributed by atoms with Crippen molar-refractivity contribution in [2.24, 2.45) is 11.8 Å². The van der Waals surface area contributed by atoms with Crippen LogP contribution >= 0.6 is 43.5 Å². The molecule has 1 saturated carbocycles. The molecule has 0 radical (unpaired) electrons. The first-order valence-corrected chi connectivity index (χ1v) is 12.8. The molecular weight excluding hydrogens is 610 g/mol. The van der Waals surface area contributed by atoms with Crippen molar-refractivity contribution in [3.05, 3.63) is 74.8 Å². The standard InChI is InChI=1S/C23H18Br2ClN3O6/c24-17-9-15-16(10-18(17)25)23(33)28(22(15)32)27(21(31)14-3-1-2-4-19(14)26)11-20(30)12-5-7-13(8-6-12)29(34)35/h1-8,15-18H,9-11H2/t15-,16-,17-,18+/m1/s1. The van der Waals surface area contributed by atoms with E-state index < -0.39 is 46.8 Å². The molecule has 2 aromatic rings. The summed E-state index contributed by atoms with van der Waals surface area (Å²) in [6.07, 6.45) is 0.790. The first-order valence-electron chi connectivity index (χ1n) is 10.6. The second-order valence-corrected chi connectivity index (χ2v) is 11.0. The van der Waals surface area contributed by atoms with E-state index in [4.69, 9.17) is 11.6 Å². The van der Waals surface area contributed by atoms with Gasteiger partial charge in [0, 0.05) is 27.4 Å². The molecule has 0 bridgehead atoms. The largest absolute Gasteiger partial charge is 0.292 e. The van der Waals surface area contributed by atoms with Gasteiger partial charge in [-0.05, 0) is 37.1 Å². The second-order valence-electron chi connectivity index (χ2n) is 8.27. The highest BCUT2D eigenvalue weighted by Crippen LogP contribution is 2.43. The Balaban J connectivity index is 1.69. The van der Waals surface area contributed by atoms with Gasteiger partial charge in [0.25, 0.3) is 23.4 Å². The minimum atomic E-state index is -0.781. The SMILES string of the molecule is O=C(CN(C(=O)c1ccccc1Cl)N1C(=O)[C@@H]2C[C@@H](Br)[C@@H](Br)C[C@H]2C1=O)c1ccc([N+](=O)[O-])cc1. The van der Waals surface area contributed by atoms with Gasteiger partial charge in [-0.25, -0.2) is 5.01 Å². The predicted octanol–water partition coefficient (Wildman–Crippen LogP) is 4.41. The second kappa shape index (κ2) is 10.2. The van der Waals surface area contributed by atoms with E-state index in [1.54, 1.807) is 12.1 Å². The number of benzene rings is 2. The number of Topliss-reactive ketones (excluding diaryl/α,β-unsaturated/α-hetero) is 1. The van der Waals surface area contributed by atoms with E-state index in [0.717, 1.165) is 10.0 Å². The molecule has 1 saturated heterocycles. The lowest BCUT2D eigenvalue weighted by Gasteiger charge is -2.30. The van der Waals surface area contributed by atoms with Crippen LogP contribution in [0, 0.1) is 22.0 Å². The maximum Gasteiger partial charge on any atom is 0.274 e. The number of halogens is 3. The number of nitrogens with zero attached hydrogens (tertiary/aromatic N) is 3. The summed E-state index contributed by atoms with van der Waals surface area (Å²) in [7, 11) is 0. The fourth-order valence-electron chi connectivity index (χ4n) is 4.32. The molecule has 35 heavy (non-hydrogen) atoms. The van der Waals surface area contributed by atoms with Crippen LogP contribution in [0.3, 0.4) is 0 Å². The molecule has 182 valence electrons. The molecule has 2 aromatic carbocycles. The zero-order chi connectivity index (χ0) is 25.4. The van der Waals surface area contributed by atoms with Crippen LogP contribution in [0.4, 0.5) is 5.69 Å². The summed E-state index contributed by atoms with van der Waals surface area (Å²) >= 11 is 13.3. The molecule has 12 heteroatoms. The van der Waals surface area contributed by atoms with Gasteiger partial charge in [-0.3, -0.25) is 29.3 Å². The number of nitro benzene ring substituents is 1. The van der Waals surface area contributed by atoms with Crippen LogP contribution in [0.25, 0.3) is 0 Å². The smallest absolute Gasteiger partial charge is 0.274 e. The van der Waals surface area contributed by atoms with Gasteiger partial charge in [0.15, 0.2) is 5.78 Å². The van der Waals surface area contributed by atoms with E-state index in [1.807, 2.05) is 0 Å². The maximum absolute atomic E-state index is 13.5. The Hall–Kier alpha value is -2.63. The van der Waals surface area contributed by atoms with Crippen LogP contribution in [0.15, 0.2) is 48.5 Å². The molecule has 0 N–H and O–H groups in total. The van der Waals surface area contributed by atoms with E-state index in [2.05, 4.69) is 31.9 Å². The fourth-order valence-corrected chi connectivity index (χ4v) is 5.77. The Morgan fingerprint density at radius 2 is 1.54 bits per heavy atom. The highest BCUT2D eigenvalue weighted by atomic mass is 79.9. The molecule has 1 heterocycles. The average molecular weight is 628 g/mol. The van der Waals surface area contributed by atoms with Gasteiger partial charge in [0.2, 0.25) is 0 Å². The third-order valence-electron chi connectivity index (χ3n) is 6.16. The van der Waals surface area contributed by atoms with Crippen molar-refractivity contribution in [1.29, 1.82) is 0 Å². The highest BCUT2D eigenvalue weighted by molar-refractivity contribution is 9.12. The average Bonchev–Trinajstić information content (AvgIpc) is 3.06. The van der Waals surface area contributed by atoms with E-state index >= 15 is 0 Å². The van der Waals surface area contributed by atoms with Crippen molar-refractivity contribution in [3.8, 4) is 0 Å². The molecule has 2 fully saturated rings. The minimum Gasteiger partial charge on any atom is -0.292 e. The van der Waals surface area contributed by atoms with Crippen LogP contribution < -0.4 is 0 Å². The zero-order valence-corrected chi connectivity index (χ0v) is 21.9. The third-order valence-corrected chi connectivity index (χ3v) is 9.22. The fraction of sp³-hybridized carbons (Fsp3) is 0.304. The van der Waals surface area contributed by atoms with E-state index in [0.29, 0.717) is 12.8 Å². The van der Waals surface area contributed by atoms with Gasteiger partial charge in [-0.15, -0.1) is 0 Å². The van der Waals surface area contributed by atoms with Gasteiger partial charge in [0.1, 0.15) is 6.54 Å². The number of carbonyl (C=O) groups is 4. The number of amides is 3. The number of hydrogen-bond acceptors (Lipinski definition) is 6. The molecule has 2 aliphatic rings. The molecule has 4 atom stereocenters. The van der Waals surface area contributed by atoms with Gasteiger partial charge >= 0.3 is 0 Å². The van der Waals surface area contributed by atoms with Crippen molar-refractivity contribution < 1.29 is 24.1 Å². The number of fused-ring (bicyclic) bond motifs is 1. The van der Waals surface area contributed by atoms with Crippen molar-refractivity contribution in [2.75, 3.05) is 6.54 Å². The van der Waals surface area contributed by atoms with E-state index in [9.17, 15) is 29.3 Å². The number of imide groups is 1. The molecule has 0 aromatic heterocycles. The van der Waals surface area contributed by atoms with E-state index in [1.165, 1.54) is 36.4 Å². The molecule has 9 nitrogen and oxygen atoms in total. The summed E-state index contributed by atoms with van der Waals surface area (Å²) in [5, 5.41) is 12.6. The first-order chi connectivity index (χ1) is 16.6. The summed E-state index contributed by atoms with van der Waals surface area (Å²) < 4.78 is 0. The number of rotatable bonds is 6. The van der Waals surface area contributed by atoms with Crippen LogP contribution in [0.1, 0.15) is 33.6 Å². The number of ketones is 1. The Labute approximate surface area is 221 Å².